The number of carboxylic acids is 1. The molecular weight excluding hydrogens is 320 g/mol. The highest BCUT2D eigenvalue weighted by molar-refractivity contribution is 5.98. The smallest absolute Gasteiger partial charge is 0.307 e. The highest BCUT2D eigenvalue weighted by atomic mass is 16.4. The van der Waals surface area contributed by atoms with Crippen LogP contribution < -0.4 is 10.2 Å². The van der Waals surface area contributed by atoms with Gasteiger partial charge in [-0.1, -0.05) is 18.2 Å². The molecular formula is C19H20N2O4. The zero-order chi connectivity index (χ0) is 17.6. The van der Waals surface area contributed by atoms with Crippen LogP contribution in [0.4, 0.5) is 11.4 Å². The van der Waals surface area contributed by atoms with Crippen molar-refractivity contribution in [3.05, 3.63) is 36.4 Å². The molecule has 0 spiro atoms. The molecule has 1 aromatic carbocycles. The fourth-order valence-electron chi connectivity index (χ4n) is 4.41. The SMILES string of the molecule is O=C(O)[C@H]1[C@H](C(=O)Nc2cccc(N3CCCC3=O)c2)[C@H]2C=C[C@H]1C2. The van der Waals surface area contributed by atoms with Crippen LogP contribution in [0.3, 0.4) is 0 Å². The third-order valence-electron chi connectivity index (χ3n) is 5.55. The Hall–Kier alpha value is -2.63. The van der Waals surface area contributed by atoms with Crippen LogP contribution >= 0.6 is 0 Å². The minimum absolute atomic E-state index is 0.00515. The highest BCUT2D eigenvalue weighted by Gasteiger charge is 2.51. The molecule has 2 aliphatic carbocycles. The highest BCUT2D eigenvalue weighted by Crippen LogP contribution is 2.48. The van der Waals surface area contributed by atoms with Crippen molar-refractivity contribution < 1.29 is 19.5 Å². The quantitative estimate of drug-likeness (QED) is 0.823. The number of carbonyl (C=O) groups excluding carboxylic acids is 2. The van der Waals surface area contributed by atoms with Gasteiger partial charge in [-0.3, -0.25) is 14.4 Å². The van der Waals surface area contributed by atoms with Gasteiger partial charge in [-0.05, 0) is 42.9 Å². The average molecular weight is 340 g/mol. The van der Waals surface area contributed by atoms with Crippen LogP contribution in [0, 0.1) is 23.7 Å². The number of hydrogen-bond acceptors (Lipinski definition) is 3. The molecule has 6 heteroatoms. The van der Waals surface area contributed by atoms with Crippen molar-refractivity contribution in [2.75, 3.05) is 16.8 Å². The third kappa shape index (κ3) is 2.71. The first kappa shape index (κ1) is 15.9. The lowest BCUT2D eigenvalue weighted by Crippen LogP contribution is -2.36. The molecule has 3 aliphatic rings. The average Bonchev–Trinajstić information content (AvgIpc) is 3.29. The minimum atomic E-state index is -0.909. The molecule has 1 saturated carbocycles. The molecule has 6 nitrogen and oxygen atoms in total. The number of anilines is 2. The number of nitrogens with zero attached hydrogens (tertiary/aromatic N) is 1. The summed E-state index contributed by atoms with van der Waals surface area (Å²) in [6.45, 7) is 0.689. The molecule has 2 amide bonds. The van der Waals surface area contributed by atoms with Gasteiger partial charge in [0.15, 0.2) is 0 Å². The predicted octanol–water partition coefficient (Wildman–Crippen LogP) is 2.27. The fourth-order valence-corrected chi connectivity index (χ4v) is 4.41. The fraction of sp³-hybridized carbons (Fsp3) is 0.421. The molecule has 1 heterocycles. The number of carbonyl (C=O) groups is 3. The molecule has 2 fully saturated rings. The molecule has 4 rings (SSSR count). The lowest BCUT2D eigenvalue weighted by atomic mass is 9.82. The second-order valence-corrected chi connectivity index (χ2v) is 7.03. The largest absolute Gasteiger partial charge is 0.481 e. The summed E-state index contributed by atoms with van der Waals surface area (Å²) in [4.78, 5) is 37.9. The molecule has 2 bridgehead atoms. The van der Waals surface area contributed by atoms with E-state index in [0.717, 1.165) is 18.5 Å². The van der Waals surface area contributed by atoms with E-state index in [4.69, 9.17) is 0 Å². The maximum atomic E-state index is 12.7. The third-order valence-corrected chi connectivity index (χ3v) is 5.55. The molecule has 130 valence electrons. The van der Waals surface area contributed by atoms with Gasteiger partial charge in [0.05, 0.1) is 11.8 Å². The molecule has 4 atom stereocenters. The zero-order valence-corrected chi connectivity index (χ0v) is 13.7. The van der Waals surface area contributed by atoms with Crippen LogP contribution in [0.15, 0.2) is 36.4 Å². The maximum absolute atomic E-state index is 12.7. The second kappa shape index (κ2) is 6.02. The van der Waals surface area contributed by atoms with E-state index in [0.29, 0.717) is 18.7 Å². The molecule has 1 aliphatic heterocycles. The maximum Gasteiger partial charge on any atom is 0.307 e. The van der Waals surface area contributed by atoms with Crippen LogP contribution in [0.1, 0.15) is 19.3 Å². The molecule has 2 N–H and O–H groups in total. The van der Waals surface area contributed by atoms with E-state index in [-0.39, 0.29) is 23.7 Å². The van der Waals surface area contributed by atoms with E-state index in [1.54, 1.807) is 23.1 Å². The van der Waals surface area contributed by atoms with E-state index < -0.39 is 17.8 Å². The van der Waals surface area contributed by atoms with Gasteiger partial charge in [-0.2, -0.15) is 0 Å². The Bertz CT molecular complexity index is 772. The van der Waals surface area contributed by atoms with Gasteiger partial charge in [0, 0.05) is 24.3 Å². The number of rotatable bonds is 4. The van der Waals surface area contributed by atoms with Gasteiger partial charge >= 0.3 is 5.97 Å². The van der Waals surface area contributed by atoms with Crippen molar-refractivity contribution in [3.63, 3.8) is 0 Å². The Morgan fingerprint density at radius 3 is 2.60 bits per heavy atom. The lowest BCUT2D eigenvalue weighted by Gasteiger charge is -2.24. The summed E-state index contributed by atoms with van der Waals surface area (Å²) in [6.07, 6.45) is 6.01. The first-order chi connectivity index (χ1) is 12.0. The Balaban J connectivity index is 1.52. The van der Waals surface area contributed by atoms with Crippen LogP contribution in [0.5, 0.6) is 0 Å². The van der Waals surface area contributed by atoms with E-state index in [1.165, 1.54) is 0 Å². The first-order valence-corrected chi connectivity index (χ1v) is 8.67. The molecule has 0 aromatic heterocycles. The van der Waals surface area contributed by atoms with Gasteiger partial charge in [0.1, 0.15) is 0 Å². The minimum Gasteiger partial charge on any atom is -0.481 e. The van der Waals surface area contributed by atoms with Crippen molar-refractivity contribution in [3.8, 4) is 0 Å². The monoisotopic (exact) mass is 340 g/mol. The number of hydrogen-bond donors (Lipinski definition) is 2. The summed E-state index contributed by atoms with van der Waals surface area (Å²) in [7, 11) is 0. The number of carboxylic acid groups (broad SMARTS) is 1. The number of fused-ring (bicyclic) bond motifs is 2. The van der Waals surface area contributed by atoms with Crippen LogP contribution in [-0.4, -0.2) is 29.4 Å². The van der Waals surface area contributed by atoms with Crippen LogP contribution in [-0.2, 0) is 14.4 Å². The van der Waals surface area contributed by atoms with Gasteiger partial charge in [0.25, 0.3) is 0 Å². The molecule has 1 saturated heterocycles. The van der Waals surface area contributed by atoms with Crippen molar-refractivity contribution in [2.45, 2.75) is 19.3 Å². The zero-order valence-electron chi connectivity index (χ0n) is 13.7. The Kier molecular flexibility index (Phi) is 3.82. The van der Waals surface area contributed by atoms with Crippen molar-refractivity contribution in [2.24, 2.45) is 23.7 Å². The van der Waals surface area contributed by atoms with E-state index in [9.17, 15) is 19.5 Å². The topological polar surface area (TPSA) is 86.7 Å². The Morgan fingerprint density at radius 2 is 1.92 bits per heavy atom. The Labute approximate surface area is 145 Å². The molecule has 0 radical (unpaired) electrons. The number of nitrogens with one attached hydrogen (secondary N) is 1. The van der Waals surface area contributed by atoms with Gasteiger partial charge in [-0.25, -0.2) is 0 Å². The summed E-state index contributed by atoms with van der Waals surface area (Å²) < 4.78 is 0. The van der Waals surface area contributed by atoms with Gasteiger partial charge in [0.2, 0.25) is 11.8 Å². The standard InChI is InChI=1S/C19H20N2O4/c22-15-5-2-8-21(15)14-4-1-3-13(10-14)20-18(23)16-11-6-7-12(9-11)17(16)19(24)25/h1,3-4,6-7,10-12,16-17H,2,5,8-9H2,(H,20,23)(H,24,25)/t11-,12-,16+,17+/m0/s1. The second-order valence-electron chi connectivity index (χ2n) is 7.03. The van der Waals surface area contributed by atoms with Gasteiger partial charge < -0.3 is 15.3 Å². The predicted molar refractivity (Wildman–Crippen MR) is 92.0 cm³/mol. The van der Waals surface area contributed by atoms with Crippen LogP contribution in [0.25, 0.3) is 0 Å². The van der Waals surface area contributed by atoms with Crippen molar-refractivity contribution >= 4 is 29.2 Å². The molecule has 25 heavy (non-hydrogen) atoms. The molecule has 0 unspecified atom stereocenters. The van der Waals surface area contributed by atoms with E-state index >= 15 is 0 Å². The normalized spacial score (nSPS) is 30.1. The summed E-state index contributed by atoms with van der Waals surface area (Å²) in [5.41, 5.74) is 1.36. The van der Waals surface area contributed by atoms with Gasteiger partial charge in [-0.15, -0.1) is 0 Å². The van der Waals surface area contributed by atoms with E-state index in [1.807, 2.05) is 18.2 Å². The number of benzene rings is 1. The summed E-state index contributed by atoms with van der Waals surface area (Å²) in [5.74, 6) is -2.32. The van der Waals surface area contributed by atoms with Crippen molar-refractivity contribution in [1.29, 1.82) is 0 Å². The van der Waals surface area contributed by atoms with Crippen molar-refractivity contribution in [1.82, 2.24) is 0 Å². The Morgan fingerprint density at radius 1 is 1.16 bits per heavy atom. The number of amides is 2. The summed E-state index contributed by atoms with van der Waals surface area (Å²) >= 11 is 0. The first-order valence-electron chi connectivity index (χ1n) is 8.67. The molecule has 1 aromatic rings. The van der Waals surface area contributed by atoms with E-state index in [2.05, 4.69) is 5.32 Å². The number of allylic oxidation sites excluding steroid dienone is 2. The summed E-state index contributed by atoms with van der Waals surface area (Å²) in [6, 6.07) is 7.19. The van der Waals surface area contributed by atoms with Crippen LogP contribution in [0.2, 0.25) is 0 Å². The lowest BCUT2D eigenvalue weighted by molar-refractivity contribution is -0.146. The number of aliphatic carboxylic acids is 1. The summed E-state index contributed by atoms with van der Waals surface area (Å²) in [5, 5.41) is 12.3.